The fraction of sp³-hybridized carbons (Fsp3) is 0.450. The number of carbonyl (C=O) groups is 1. The van der Waals surface area contributed by atoms with Gasteiger partial charge in [0.05, 0.1) is 12.1 Å². The summed E-state index contributed by atoms with van der Waals surface area (Å²) in [5.74, 6) is 0.319. The second kappa shape index (κ2) is 8.21. The maximum Gasteiger partial charge on any atom is 0.317 e. The van der Waals surface area contributed by atoms with Crippen LogP contribution >= 0.6 is 11.3 Å². The average Bonchev–Trinajstić information content (AvgIpc) is 3.41. The number of aromatic amines is 1. The molecule has 0 radical (unpaired) electrons. The summed E-state index contributed by atoms with van der Waals surface area (Å²) >= 11 is 1.47. The Kier molecular flexibility index (Phi) is 5.40. The van der Waals surface area contributed by atoms with Gasteiger partial charge in [0, 0.05) is 55.0 Å². The summed E-state index contributed by atoms with van der Waals surface area (Å²) < 4.78 is 27.7. The average molecular weight is 461 g/mol. The van der Waals surface area contributed by atoms with Crippen LogP contribution in [0.4, 0.5) is 4.79 Å². The molecule has 2 N–H and O–H groups in total. The van der Waals surface area contributed by atoms with Crippen molar-refractivity contribution in [2.75, 3.05) is 26.2 Å². The zero-order valence-electron chi connectivity index (χ0n) is 16.9. The zero-order chi connectivity index (χ0) is 21.4. The van der Waals surface area contributed by atoms with Crippen molar-refractivity contribution >= 4 is 38.4 Å². The van der Waals surface area contributed by atoms with Gasteiger partial charge < -0.3 is 15.2 Å². The molecular weight excluding hydrogens is 436 g/mol. The first kappa shape index (κ1) is 20.4. The molecule has 164 valence electrons. The van der Waals surface area contributed by atoms with Crippen LogP contribution in [0.25, 0.3) is 11.0 Å². The largest absolute Gasteiger partial charge is 0.346 e. The highest BCUT2D eigenvalue weighted by Gasteiger charge is 2.43. The van der Waals surface area contributed by atoms with Crippen molar-refractivity contribution in [3.8, 4) is 0 Å². The smallest absolute Gasteiger partial charge is 0.317 e. The number of urea groups is 1. The lowest BCUT2D eigenvalue weighted by atomic mass is 9.90. The number of nitrogens with zero attached hydrogens (tertiary/aromatic N) is 4. The van der Waals surface area contributed by atoms with Crippen LogP contribution in [-0.4, -0.2) is 70.0 Å². The van der Waals surface area contributed by atoms with Crippen molar-refractivity contribution in [3.63, 3.8) is 0 Å². The molecule has 0 bridgehead atoms. The van der Waals surface area contributed by atoms with Gasteiger partial charge in [-0.3, -0.25) is 4.98 Å². The minimum atomic E-state index is -3.40. The number of sulfonamides is 1. The van der Waals surface area contributed by atoms with Gasteiger partial charge in [-0.05, 0) is 36.5 Å². The molecule has 0 aromatic carbocycles. The lowest BCUT2D eigenvalue weighted by Gasteiger charge is -2.42. The Labute approximate surface area is 184 Å². The molecule has 2 fully saturated rings. The number of hydrogen-bond acceptors (Lipinski definition) is 6. The summed E-state index contributed by atoms with van der Waals surface area (Å²) in [6, 6.07) is 3.75. The lowest BCUT2D eigenvalue weighted by molar-refractivity contribution is 0.166. The van der Waals surface area contributed by atoms with Gasteiger partial charge in [-0.25, -0.2) is 22.5 Å². The monoisotopic (exact) mass is 460 g/mol. The number of hydrogen-bond donors (Lipinski definition) is 2. The lowest BCUT2D eigenvalue weighted by Crippen LogP contribution is -2.62. The molecule has 0 saturated carbocycles. The van der Waals surface area contributed by atoms with Crippen LogP contribution in [0.1, 0.15) is 29.2 Å². The number of H-pyrrole nitrogens is 1. The first-order chi connectivity index (χ1) is 15.0. The highest BCUT2D eigenvalue weighted by molar-refractivity contribution is 7.89. The van der Waals surface area contributed by atoms with Crippen molar-refractivity contribution < 1.29 is 13.2 Å². The van der Waals surface area contributed by atoms with Crippen LogP contribution < -0.4 is 5.32 Å². The molecule has 3 aromatic heterocycles. The Hall–Kier alpha value is -2.50. The van der Waals surface area contributed by atoms with E-state index in [4.69, 9.17) is 0 Å². The first-order valence-corrected chi connectivity index (χ1v) is 12.7. The minimum Gasteiger partial charge on any atom is -0.346 e. The van der Waals surface area contributed by atoms with Gasteiger partial charge in [-0.15, -0.1) is 11.3 Å². The summed E-state index contributed by atoms with van der Waals surface area (Å²) in [7, 11) is -3.40. The summed E-state index contributed by atoms with van der Waals surface area (Å²) in [6.45, 7) is 1.91. The molecule has 9 nitrogen and oxygen atoms in total. The van der Waals surface area contributed by atoms with E-state index in [2.05, 4.69) is 26.3 Å². The van der Waals surface area contributed by atoms with Crippen LogP contribution in [0.5, 0.6) is 0 Å². The molecule has 0 atom stereocenters. The number of piperidine rings is 1. The topological polar surface area (TPSA) is 111 Å². The van der Waals surface area contributed by atoms with E-state index in [1.165, 1.54) is 16.9 Å². The van der Waals surface area contributed by atoms with Crippen LogP contribution in [0, 0.1) is 0 Å². The van der Waals surface area contributed by atoms with E-state index in [0.29, 0.717) is 25.6 Å². The molecule has 2 saturated heterocycles. The van der Waals surface area contributed by atoms with Crippen molar-refractivity contribution in [2.45, 2.75) is 30.6 Å². The van der Waals surface area contributed by atoms with Gasteiger partial charge in [0.1, 0.15) is 10.9 Å². The molecule has 2 aliphatic heterocycles. The Morgan fingerprint density at radius 1 is 1.29 bits per heavy atom. The van der Waals surface area contributed by atoms with E-state index in [1.54, 1.807) is 27.1 Å². The third-order valence-corrected chi connectivity index (χ3v) is 9.20. The fourth-order valence-corrected chi connectivity index (χ4v) is 6.76. The van der Waals surface area contributed by atoms with Gasteiger partial charge >= 0.3 is 6.03 Å². The van der Waals surface area contributed by atoms with E-state index >= 15 is 0 Å². The SMILES string of the molecule is O=C(NCc1cncs1)N1CC(S(=O)(=O)N2CCC(c3c[nH]c4ncccc34)CC2)C1. The number of fused-ring (bicyclic) bond motifs is 1. The molecule has 2 aliphatic rings. The molecule has 0 unspecified atom stereocenters. The van der Waals surface area contributed by atoms with Crippen molar-refractivity contribution in [1.29, 1.82) is 0 Å². The molecule has 3 aromatic rings. The quantitative estimate of drug-likeness (QED) is 0.606. The van der Waals surface area contributed by atoms with Crippen LogP contribution in [0.15, 0.2) is 36.2 Å². The zero-order valence-corrected chi connectivity index (χ0v) is 18.5. The molecule has 2 amide bonds. The second-order valence-corrected chi connectivity index (χ2v) is 11.2. The van der Waals surface area contributed by atoms with Crippen LogP contribution in [-0.2, 0) is 16.6 Å². The van der Waals surface area contributed by atoms with E-state index in [1.807, 2.05) is 12.3 Å². The van der Waals surface area contributed by atoms with Gasteiger partial charge in [-0.2, -0.15) is 0 Å². The highest BCUT2D eigenvalue weighted by atomic mass is 32.2. The van der Waals surface area contributed by atoms with Crippen LogP contribution in [0.3, 0.4) is 0 Å². The number of thiazole rings is 1. The van der Waals surface area contributed by atoms with Crippen molar-refractivity contribution in [2.24, 2.45) is 0 Å². The maximum atomic E-state index is 13.0. The predicted molar refractivity (Wildman–Crippen MR) is 118 cm³/mol. The van der Waals surface area contributed by atoms with Crippen molar-refractivity contribution in [1.82, 2.24) is 29.5 Å². The predicted octanol–water partition coefficient (Wildman–Crippen LogP) is 2.12. The number of likely N-dealkylation sites (tertiary alicyclic amines) is 1. The summed E-state index contributed by atoms with van der Waals surface area (Å²) in [4.78, 5) is 26.3. The number of amides is 2. The molecule has 5 rings (SSSR count). The number of nitrogens with one attached hydrogen (secondary N) is 2. The van der Waals surface area contributed by atoms with Gasteiger partial charge in [0.25, 0.3) is 0 Å². The van der Waals surface area contributed by atoms with E-state index in [0.717, 1.165) is 28.8 Å². The first-order valence-electron chi connectivity index (χ1n) is 10.3. The number of pyridine rings is 1. The molecule has 5 heterocycles. The second-order valence-electron chi connectivity index (χ2n) is 8.02. The summed E-state index contributed by atoms with van der Waals surface area (Å²) in [6.07, 6.45) is 7.05. The molecule has 31 heavy (non-hydrogen) atoms. The number of carbonyl (C=O) groups excluding carboxylic acids is 1. The van der Waals surface area contributed by atoms with Gasteiger partial charge in [0.15, 0.2) is 0 Å². The van der Waals surface area contributed by atoms with Gasteiger partial charge in [-0.1, -0.05) is 0 Å². The normalized spacial score (nSPS) is 18.9. The van der Waals surface area contributed by atoms with Gasteiger partial charge in [0.2, 0.25) is 10.0 Å². The molecule has 11 heteroatoms. The molecule has 0 aliphatic carbocycles. The van der Waals surface area contributed by atoms with Crippen molar-refractivity contribution in [3.05, 3.63) is 46.7 Å². The Balaban J connectivity index is 1.14. The standard InChI is InChI=1S/C20H24N6O3S2/c27-20(24-9-15-8-21-13-30-15)25-11-16(12-25)31(28,29)26-6-3-14(4-7-26)18-10-23-19-17(18)2-1-5-22-19/h1-2,5,8,10,13-14,16H,3-4,6-7,9,11-12H2,(H,22,23)(H,24,27). The Morgan fingerprint density at radius 3 is 2.84 bits per heavy atom. The number of aromatic nitrogens is 3. The number of rotatable bonds is 5. The van der Waals surface area contributed by atoms with E-state index < -0.39 is 15.3 Å². The minimum absolute atomic E-state index is 0.230. The third kappa shape index (κ3) is 3.92. The fourth-order valence-electron chi connectivity index (χ4n) is 4.34. The Morgan fingerprint density at radius 2 is 2.10 bits per heavy atom. The van der Waals surface area contributed by atoms with E-state index in [-0.39, 0.29) is 19.1 Å². The Bertz CT molecular complexity index is 1160. The van der Waals surface area contributed by atoms with Crippen LogP contribution in [0.2, 0.25) is 0 Å². The maximum absolute atomic E-state index is 13.0. The highest BCUT2D eigenvalue weighted by Crippen LogP contribution is 2.34. The molecule has 0 spiro atoms. The van der Waals surface area contributed by atoms with E-state index in [9.17, 15) is 13.2 Å². The molecular formula is C20H24N6O3S2. The summed E-state index contributed by atoms with van der Waals surface area (Å²) in [5.41, 5.74) is 3.80. The summed E-state index contributed by atoms with van der Waals surface area (Å²) in [5, 5.41) is 3.41. The third-order valence-electron chi connectivity index (χ3n) is 6.19.